The maximum Gasteiger partial charge on any atom is 0.418 e. The lowest BCUT2D eigenvalue weighted by atomic mass is 10.1. The van der Waals surface area contributed by atoms with Gasteiger partial charge in [0.1, 0.15) is 6.29 Å². The third-order valence-corrected chi connectivity index (χ3v) is 2.97. The highest BCUT2D eigenvalue weighted by molar-refractivity contribution is 5.77. The number of halogens is 3. The van der Waals surface area contributed by atoms with E-state index in [0.29, 0.717) is 12.8 Å². The number of anilines is 1. The van der Waals surface area contributed by atoms with E-state index in [4.69, 9.17) is 0 Å². The average molecular weight is 288 g/mol. The summed E-state index contributed by atoms with van der Waals surface area (Å²) >= 11 is 0. The van der Waals surface area contributed by atoms with Crippen LogP contribution < -0.4 is 4.90 Å². The van der Waals surface area contributed by atoms with Gasteiger partial charge in [0, 0.05) is 24.8 Å². The number of nitrogens with zero attached hydrogens (tertiary/aromatic N) is 2. The Hall–Kier alpha value is -1.56. The summed E-state index contributed by atoms with van der Waals surface area (Å²) in [5, 5.41) is 0. The summed E-state index contributed by atoms with van der Waals surface area (Å²) in [7, 11) is 5.46. The normalized spacial score (nSPS) is 11.8. The van der Waals surface area contributed by atoms with Crippen LogP contribution in [0.25, 0.3) is 0 Å². The number of benzene rings is 1. The van der Waals surface area contributed by atoms with Crippen molar-refractivity contribution in [2.45, 2.75) is 12.6 Å². The molecule has 0 fully saturated rings. The third kappa shape index (κ3) is 4.52. The Morgan fingerprint density at radius 1 is 1.15 bits per heavy atom. The van der Waals surface area contributed by atoms with Gasteiger partial charge >= 0.3 is 6.18 Å². The van der Waals surface area contributed by atoms with E-state index in [9.17, 15) is 18.0 Å². The molecule has 0 amide bonds. The van der Waals surface area contributed by atoms with Crippen molar-refractivity contribution in [3.05, 3.63) is 29.3 Å². The van der Waals surface area contributed by atoms with Gasteiger partial charge in [0.15, 0.2) is 0 Å². The first-order valence-corrected chi connectivity index (χ1v) is 6.28. The summed E-state index contributed by atoms with van der Waals surface area (Å²) in [6.07, 6.45) is -3.29. The van der Waals surface area contributed by atoms with Crippen LogP contribution in [0.3, 0.4) is 0 Å². The second-order valence-corrected chi connectivity index (χ2v) is 4.97. The Morgan fingerprint density at radius 3 is 2.30 bits per heavy atom. The number of carbonyl (C=O) groups excluding carboxylic acids is 1. The van der Waals surface area contributed by atoms with Gasteiger partial charge in [-0.15, -0.1) is 0 Å². The SMILES string of the molecule is CN(C)CCCN(C)c1ccc(C=O)cc1C(F)(F)F. The molecule has 0 N–H and O–H groups in total. The molecule has 1 aromatic rings. The van der Waals surface area contributed by atoms with Crippen molar-refractivity contribution in [1.82, 2.24) is 4.90 Å². The molecule has 0 radical (unpaired) electrons. The lowest BCUT2D eigenvalue weighted by Gasteiger charge is -2.24. The molecule has 0 bridgehead atoms. The molecule has 0 aliphatic carbocycles. The number of carbonyl (C=O) groups is 1. The third-order valence-electron chi connectivity index (χ3n) is 2.97. The Bertz CT molecular complexity index is 458. The Labute approximate surface area is 117 Å². The maximum absolute atomic E-state index is 13.0. The van der Waals surface area contributed by atoms with Gasteiger partial charge in [0.2, 0.25) is 0 Å². The summed E-state index contributed by atoms with van der Waals surface area (Å²) < 4.78 is 39.1. The zero-order valence-corrected chi connectivity index (χ0v) is 11.9. The number of alkyl halides is 3. The lowest BCUT2D eigenvalue weighted by molar-refractivity contribution is -0.137. The molecule has 0 heterocycles. The minimum absolute atomic E-state index is 0.0303. The van der Waals surface area contributed by atoms with Crippen molar-refractivity contribution in [2.24, 2.45) is 0 Å². The van der Waals surface area contributed by atoms with E-state index in [1.54, 1.807) is 11.9 Å². The van der Waals surface area contributed by atoms with Crippen molar-refractivity contribution in [3.8, 4) is 0 Å². The zero-order chi connectivity index (χ0) is 15.3. The van der Waals surface area contributed by atoms with Gasteiger partial charge in [0.25, 0.3) is 0 Å². The van der Waals surface area contributed by atoms with Gasteiger partial charge in [-0.25, -0.2) is 0 Å². The minimum atomic E-state index is -4.47. The summed E-state index contributed by atoms with van der Waals surface area (Å²) in [6, 6.07) is 3.65. The molecule has 0 saturated heterocycles. The van der Waals surface area contributed by atoms with Gasteiger partial charge in [-0.2, -0.15) is 13.2 Å². The van der Waals surface area contributed by atoms with E-state index >= 15 is 0 Å². The van der Waals surface area contributed by atoms with E-state index in [0.717, 1.165) is 19.0 Å². The van der Waals surface area contributed by atoms with Crippen LogP contribution >= 0.6 is 0 Å². The molecule has 0 saturated carbocycles. The van der Waals surface area contributed by atoms with Crippen LogP contribution in [0.5, 0.6) is 0 Å². The quantitative estimate of drug-likeness (QED) is 0.752. The summed E-state index contributed by atoms with van der Waals surface area (Å²) in [6.45, 7) is 1.32. The van der Waals surface area contributed by atoms with Crippen molar-refractivity contribution in [2.75, 3.05) is 39.1 Å². The minimum Gasteiger partial charge on any atom is -0.374 e. The smallest absolute Gasteiger partial charge is 0.374 e. The van der Waals surface area contributed by atoms with Crippen LogP contribution in [-0.4, -0.2) is 45.4 Å². The fraction of sp³-hybridized carbons (Fsp3) is 0.500. The first-order valence-electron chi connectivity index (χ1n) is 6.28. The molecule has 0 spiro atoms. The Kier molecular flexibility index (Phi) is 5.56. The van der Waals surface area contributed by atoms with Crippen LogP contribution in [-0.2, 0) is 6.18 Å². The molecule has 20 heavy (non-hydrogen) atoms. The number of hydrogen-bond acceptors (Lipinski definition) is 3. The molecule has 0 aliphatic heterocycles. The number of rotatable bonds is 6. The highest BCUT2D eigenvalue weighted by Crippen LogP contribution is 2.36. The zero-order valence-electron chi connectivity index (χ0n) is 11.9. The second kappa shape index (κ2) is 6.74. The summed E-state index contributed by atoms with van der Waals surface area (Å²) in [4.78, 5) is 14.2. The molecular weight excluding hydrogens is 269 g/mol. The number of aldehydes is 1. The highest BCUT2D eigenvalue weighted by Gasteiger charge is 2.34. The molecule has 0 aromatic heterocycles. The van der Waals surface area contributed by atoms with Crippen molar-refractivity contribution in [1.29, 1.82) is 0 Å². The largest absolute Gasteiger partial charge is 0.418 e. The highest BCUT2D eigenvalue weighted by atomic mass is 19.4. The molecule has 0 unspecified atom stereocenters. The molecule has 1 rings (SSSR count). The molecule has 112 valence electrons. The standard InChI is InChI=1S/C14H19F3N2O/c1-18(2)7-4-8-19(3)13-6-5-11(10-20)9-12(13)14(15,16)17/h5-6,9-10H,4,7-8H2,1-3H3. The predicted molar refractivity (Wildman–Crippen MR) is 73.3 cm³/mol. The van der Waals surface area contributed by atoms with Gasteiger partial charge in [0.05, 0.1) is 5.56 Å². The van der Waals surface area contributed by atoms with Gasteiger partial charge in [-0.05, 0) is 45.3 Å². The fourth-order valence-corrected chi connectivity index (χ4v) is 1.93. The van der Waals surface area contributed by atoms with E-state index < -0.39 is 11.7 Å². The first-order chi connectivity index (χ1) is 9.25. The van der Waals surface area contributed by atoms with E-state index in [1.165, 1.54) is 12.1 Å². The molecule has 0 atom stereocenters. The fourth-order valence-electron chi connectivity index (χ4n) is 1.93. The van der Waals surface area contributed by atoms with Crippen molar-refractivity contribution in [3.63, 3.8) is 0 Å². The first kappa shape index (κ1) is 16.5. The maximum atomic E-state index is 13.0. The van der Waals surface area contributed by atoms with E-state index in [1.807, 2.05) is 19.0 Å². The topological polar surface area (TPSA) is 23.6 Å². The van der Waals surface area contributed by atoms with E-state index in [2.05, 4.69) is 0 Å². The van der Waals surface area contributed by atoms with Crippen LogP contribution in [0.15, 0.2) is 18.2 Å². The number of hydrogen-bond donors (Lipinski definition) is 0. The van der Waals surface area contributed by atoms with Gasteiger partial charge < -0.3 is 9.80 Å². The molecule has 1 aromatic carbocycles. The van der Waals surface area contributed by atoms with Crippen LogP contribution in [0, 0.1) is 0 Å². The monoisotopic (exact) mass is 288 g/mol. The predicted octanol–water partition coefficient (Wildman–Crippen LogP) is 2.91. The average Bonchev–Trinajstić information content (AvgIpc) is 2.36. The second-order valence-electron chi connectivity index (χ2n) is 4.97. The van der Waals surface area contributed by atoms with Crippen LogP contribution in [0.2, 0.25) is 0 Å². The molecule has 3 nitrogen and oxygen atoms in total. The van der Waals surface area contributed by atoms with Crippen molar-refractivity contribution >= 4 is 12.0 Å². The molecule has 0 aliphatic rings. The molecule has 6 heteroatoms. The van der Waals surface area contributed by atoms with Crippen LogP contribution in [0.4, 0.5) is 18.9 Å². The summed E-state index contributed by atoms with van der Waals surface area (Å²) in [5.41, 5.74) is -0.640. The van der Waals surface area contributed by atoms with Crippen molar-refractivity contribution < 1.29 is 18.0 Å². The van der Waals surface area contributed by atoms with Crippen LogP contribution in [0.1, 0.15) is 22.3 Å². The van der Waals surface area contributed by atoms with Gasteiger partial charge in [-0.1, -0.05) is 0 Å². The van der Waals surface area contributed by atoms with E-state index in [-0.39, 0.29) is 11.3 Å². The Morgan fingerprint density at radius 2 is 1.80 bits per heavy atom. The molecular formula is C14H19F3N2O. The Balaban J connectivity index is 2.95. The van der Waals surface area contributed by atoms with Gasteiger partial charge in [-0.3, -0.25) is 4.79 Å². The lowest BCUT2D eigenvalue weighted by Crippen LogP contribution is -2.25. The summed E-state index contributed by atoms with van der Waals surface area (Å²) in [5.74, 6) is 0.